The summed E-state index contributed by atoms with van der Waals surface area (Å²) in [7, 11) is 0. The molecule has 0 N–H and O–H groups in total. The molecule has 0 aliphatic rings. The summed E-state index contributed by atoms with van der Waals surface area (Å²) in [6.07, 6.45) is -2.68. The molecule has 150 valence electrons. The smallest absolute Gasteiger partial charge is 0.197 e. The van der Waals surface area contributed by atoms with Gasteiger partial charge in [0.25, 0.3) is 0 Å². The molecule has 0 unspecified atom stereocenters. The van der Waals surface area contributed by atoms with Gasteiger partial charge in [0, 0.05) is 23.8 Å². The molecule has 2 aromatic carbocycles. The predicted octanol–water partition coefficient (Wildman–Crippen LogP) is 0.494. The molecule has 0 aliphatic carbocycles. The molecule has 29 heavy (non-hydrogen) atoms. The van der Waals surface area contributed by atoms with Gasteiger partial charge in [0.15, 0.2) is 5.43 Å². The lowest BCUT2D eigenvalue weighted by Gasteiger charge is -2.19. The molecular weight excluding hydrogens is 380 g/mol. The summed E-state index contributed by atoms with van der Waals surface area (Å²) in [6, 6.07) is 12.7. The van der Waals surface area contributed by atoms with E-state index >= 15 is 0 Å². The average molecular weight is 396 g/mol. The number of benzene rings is 2. The van der Waals surface area contributed by atoms with Gasteiger partial charge in [-0.1, -0.05) is 30.3 Å². The molecule has 0 aliphatic heterocycles. The maximum atomic E-state index is 12.7. The monoisotopic (exact) mass is 396 g/mol. The normalized spacial score (nSPS) is 12.9. The van der Waals surface area contributed by atoms with Crippen LogP contribution in [0.4, 0.5) is 0 Å². The summed E-state index contributed by atoms with van der Waals surface area (Å²) in [5.74, 6) is -2.80. The van der Waals surface area contributed by atoms with Crippen molar-refractivity contribution in [2.75, 3.05) is 0 Å². The van der Waals surface area contributed by atoms with Crippen molar-refractivity contribution in [2.24, 2.45) is 0 Å². The molecule has 0 radical (unpaired) electrons. The van der Waals surface area contributed by atoms with Crippen molar-refractivity contribution in [1.82, 2.24) is 0 Å². The third kappa shape index (κ3) is 4.37. The Kier molecular flexibility index (Phi) is 5.54. The summed E-state index contributed by atoms with van der Waals surface area (Å²) in [6.45, 7) is 2.50. The lowest BCUT2D eigenvalue weighted by Crippen LogP contribution is -2.37. The van der Waals surface area contributed by atoms with Crippen LogP contribution in [0.2, 0.25) is 0 Å². The maximum absolute atomic E-state index is 12.7. The van der Waals surface area contributed by atoms with Crippen LogP contribution in [0.15, 0.2) is 57.7 Å². The van der Waals surface area contributed by atoms with Gasteiger partial charge in [-0.05, 0) is 13.8 Å². The van der Waals surface area contributed by atoms with E-state index in [0.29, 0.717) is 5.56 Å². The zero-order valence-corrected chi connectivity index (χ0v) is 15.5. The molecule has 0 amide bonds. The van der Waals surface area contributed by atoms with E-state index in [9.17, 15) is 24.6 Å². The fourth-order valence-corrected chi connectivity index (χ4v) is 2.62. The number of carboxylic acids is 2. The zero-order valence-electron chi connectivity index (χ0n) is 15.5. The van der Waals surface area contributed by atoms with Crippen LogP contribution >= 0.6 is 0 Å². The Bertz CT molecular complexity index is 1120. The van der Waals surface area contributed by atoms with E-state index < -0.39 is 29.6 Å². The molecule has 0 spiro atoms. The van der Waals surface area contributed by atoms with Crippen LogP contribution in [-0.2, 0) is 9.59 Å². The van der Waals surface area contributed by atoms with E-state index in [1.165, 1.54) is 32.0 Å². The Balaban J connectivity index is 2.19. The van der Waals surface area contributed by atoms with E-state index in [2.05, 4.69) is 0 Å². The second-order valence-corrected chi connectivity index (χ2v) is 6.29. The standard InChI is InChI=1S/C21H18O8/c1-11(20(23)24)27-14-8-17(28-12(2)21(25)26)19-15(22)10-16(29-18(19)9-14)13-6-4-3-5-7-13/h3-12H,1-2H3,(H,23,24)(H,25,26)/p-2/t11-,12-/m0/s1. The van der Waals surface area contributed by atoms with Crippen LogP contribution in [0.1, 0.15) is 13.8 Å². The van der Waals surface area contributed by atoms with Gasteiger partial charge in [0.1, 0.15) is 40.4 Å². The molecule has 2 atom stereocenters. The summed E-state index contributed by atoms with van der Waals surface area (Å²) in [5.41, 5.74) is 0.219. The SMILES string of the molecule is C[C@H](Oc1cc(O[C@@H](C)C(=O)[O-])c2c(=O)cc(-c3ccccc3)oc2c1)C(=O)[O-]. The molecule has 8 nitrogen and oxygen atoms in total. The van der Waals surface area contributed by atoms with Gasteiger partial charge in [-0.15, -0.1) is 0 Å². The Morgan fingerprint density at radius 2 is 1.55 bits per heavy atom. The van der Waals surface area contributed by atoms with Gasteiger partial charge in [-0.2, -0.15) is 0 Å². The Labute approximate surface area is 164 Å². The molecule has 0 saturated heterocycles. The predicted molar refractivity (Wildman–Crippen MR) is 98.1 cm³/mol. The number of carbonyl (C=O) groups is 2. The first-order valence-electron chi connectivity index (χ1n) is 8.68. The third-order valence-electron chi connectivity index (χ3n) is 4.11. The summed E-state index contributed by atoms with van der Waals surface area (Å²) < 4.78 is 16.4. The fraction of sp³-hybridized carbons (Fsp3) is 0.190. The number of rotatable bonds is 7. The highest BCUT2D eigenvalue weighted by Crippen LogP contribution is 2.33. The van der Waals surface area contributed by atoms with Crippen molar-refractivity contribution in [3.05, 3.63) is 58.8 Å². The number of hydrogen-bond donors (Lipinski definition) is 0. The van der Waals surface area contributed by atoms with E-state index in [-0.39, 0.29) is 28.2 Å². The molecule has 0 fully saturated rings. The number of carbonyl (C=O) groups excluding carboxylic acids is 2. The van der Waals surface area contributed by atoms with Crippen LogP contribution in [0, 0.1) is 0 Å². The largest absolute Gasteiger partial charge is 0.546 e. The number of hydrogen-bond acceptors (Lipinski definition) is 8. The molecular formula is C21H16O8-2. The number of carboxylic acid groups (broad SMARTS) is 2. The summed E-state index contributed by atoms with van der Waals surface area (Å²) in [4.78, 5) is 34.8. The molecule has 8 heteroatoms. The van der Waals surface area contributed by atoms with Crippen LogP contribution < -0.4 is 25.1 Å². The van der Waals surface area contributed by atoms with Crippen LogP contribution in [0.3, 0.4) is 0 Å². The Hall–Kier alpha value is -3.81. The Morgan fingerprint density at radius 3 is 2.17 bits per heavy atom. The van der Waals surface area contributed by atoms with Gasteiger partial charge in [-0.25, -0.2) is 0 Å². The van der Waals surface area contributed by atoms with Crippen molar-refractivity contribution in [3.8, 4) is 22.8 Å². The summed E-state index contributed by atoms with van der Waals surface area (Å²) in [5, 5.41) is 22.0. The van der Waals surface area contributed by atoms with Gasteiger partial charge in [-0.3, -0.25) is 4.79 Å². The van der Waals surface area contributed by atoms with Crippen LogP contribution in [0.25, 0.3) is 22.3 Å². The molecule has 0 bridgehead atoms. The lowest BCUT2D eigenvalue weighted by atomic mass is 10.1. The first kappa shape index (κ1) is 19.9. The quantitative estimate of drug-likeness (QED) is 0.564. The first-order valence-corrected chi connectivity index (χ1v) is 8.68. The third-order valence-corrected chi connectivity index (χ3v) is 4.11. The minimum absolute atomic E-state index is 0.00288. The van der Waals surface area contributed by atoms with Crippen molar-refractivity contribution in [3.63, 3.8) is 0 Å². The van der Waals surface area contributed by atoms with E-state index in [4.69, 9.17) is 13.9 Å². The van der Waals surface area contributed by atoms with Gasteiger partial charge < -0.3 is 33.7 Å². The van der Waals surface area contributed by atoms with E-state index in [1.54, 1.807) is 24.3 Å². The first-order chi connectivity index (χ1) is 13.8. The van der Waals surface area contributed by atoms with Gasteiger partial charge in [0.05, 0.1) is 11.9 Å². The molecule has 3 rings (SSSR count). The number of ether oxygens (including phenoxy) is 2. The zero-order chi connectivity index (χ0) is 21.1. The van der Waals surface area contributed by atoms with Gasteiger partial charge in [0.2, 0.25) is 0 Å². The Morgan fingerprint density at radius 1 is 0.931 bits per heavy atom. The molecule has 1 aromatic heterocycles. The highest BCUT2D eigenvalue weighted by atomic mass is 16.5. The second kappa shape index (κ2) is 8.05. The van der Waals surface area contributed by atoms with E-state index in [0.717, 1.165) is 0 Å². The minimum atomic E-state index is -1.49. The topological polar surface area (TPSA) is 129 Å². The van der Waals surface area contributed by atoms with Crippen LogP contribution in [-0.4, -0.2) is 24.1 Å². The molecule has 0 saturated carbocycles. The molecule has 3 aromatic rings. The van der Waals surface area contributed by atoms with E-state index in [1.807, 2.05) is 6.07 Å². The average Bonchev–Trinajstić information content (AvgIpc) is 2.67. The van der Waals surface area contributed by atoms with Crippen molar-refractivity contribution < 1.29 is 33.7 Å². The molecule has 1 heterocycles. The van der Waals surface area contributed by atoms with Crippen molar-refractivity contribution >= 4 is 22.9 Å². The summed E-state index contributed by atoms with van der Waals surface area (Å²) >= 11 is 0. The minimum Gasteiger partial charge on any atom is -0.546 e. The maximum Gasteiger partial charge on any atom is 0.197 e. The van der Waals surface area contributed by atoms with Gasteiger partial charge >= 0.3 is 0 Å². The highest BCUT2D eigenvalue weighted by molar-refractivity contribution is 5.87. The second-order valence-electron chi connectivity index (χ2n) is 6.29. The number of aliphatic carboxylic acids is 2. The van der Waals surface area contributed by atoms with Crippen molar-refractivity contribution in [1.29, 1.82) is 0 Å². The number of fused-ring (bicyclic) bond motifs is 1. The lowest BCUT2D eigenvalue weighted by molar-refractivity contribution is -0.313. The van der Waals surface area contributed by atoms with Crippen molar-refractivity contribution in [2.45, 2.75) is 26.1 Å². The highest BCUT2D eigenvalue weighted by Gasteiger charge is 2.18. The fourth-order valence-electron chi connectivity index (χ4n) is 2.62. The van der Waals surface area contributed by atoms with Crippen LogP contribution in [0.5, 0.6) is 11.5 Å².